The van der Waals surface area contributed by atoms with Crippen molar-refractivity contribution in [2.75, 3.05) is 31.3 Å². The molecule has 15 nitrogen and oxygen atoms in total. The molecule has 41 heavy (non-hydrogen) atoms. The molecule has 1 atom stereocenters. The summed E-state index contributed by atoms with van der Waals surface area (Å²) in [5.41, 5.74) is 1.28. The number of rotatable bonds is 16. The van der Waals surface area contributed by atoms with E-state index in [1.165, 1.54) is 20.2 Å². The van der Waals surface area contributed by atoms with Gasteiger partial charge in [0.25, 0.3) is 5.91 Å². The number of ether oxygens (including phenoxy) is 1. The Balaban J connectivity index is 1.76. The zero-order chi connectivity index (χ0) is 29.8. The van der Waals surface area contributed by atoms with E-state index in [2.05, 4.69) is 41.5 Å². The topological polar surface area (TPSA) is 202 Å². The molecule has 2 heterocycles. The quantitative estimate of drug-likeness (QED) is 0.123. The zero-order valence-corrected chi connectivity index (χ0v) is 23.0. The summed E-state index contributed by atoms with van der Waals surface area (Å²) in [6.45, 7) is -0.292. The van der Waals surface area contributed by atoms with Gasteiger partial charge in [-0.25, -0.2) is 4.98 Å². The van der Waals surface area contributed by atoms with Crippen molar-refractivity contribution in [2.45, 2.75) is 38.1 Å². The second-order valence-electron chi connectivity index (χ2n) is 8.95. The van der Waals surface area contributed by atoms with Crippen molar-refractivity contribution < 1.29 is 29.0 Å². The number of carbonyl (C=O) groups is 4. The summed E-state index contributed by atoms with van der Waals surface area (Å²) in [6, 6.07) is 5.79. The molecule has 15 heteroatoms. The molecule has 0 bridgehead atoms. The van der Waals surface area contributed by atoms with Crippen LogP contribution in [0.1, 0.15) is 42.6 Å². The third-order valence-electron chi connectivity index (χ3n) is 5.95. The Hall–Kier alpha value is -4.92. The van der Waals surface area contributed by atoms with Gasteiger partial charge in [0, 0.05) is 26.6 Å². The molecular formula is C26H33N9O6. The predicted molar refractivity (Wildman–Crippen MR) is 149 cm³/mol. The number of nitrogens with zero attached hydrogens (tertiary/aromatic N) is 5. The number of carbonyl (C=O) groups excluding carboxylic acids is 3. The maximum Gasteiger partial charge on any atom is 0.320 e. The molecule has 0 fully saturated rings. The van der Waals surface area contributed by atoms with Gasteiger partial charge in [0.15, 0.2) is 23.1 Å². The van der Waals surface area contributed by atoms with Gasteiger partial charge in [-0.1, -0.05) is 18.9 Å². The van der Waals surface area contributed by atoms with E-state index < -0.39 is 23.8 Å². The lowest BCUT2D eigenvalue weighted by molar-refractivity contribution is -0.139. The van der Waals surface area contributed by atoms with Crippen molar-refractivity contribution in [3.05, 3.63) is 36.3 Å². The largest absolute Gasteiger partial charge is 0.494 e. The second-order valence-corrected chi connectivity index (χ2v) is 8.95. The molecule has 0 spiro atoms. The number of para-hydroxylation sites is 1. The molecule has 218 valence electrons. The van der Waals surface area contributed by atoms with E-state index in [4.69, 9.17) is 4.74 Å². The molecule has 1 unspecified atom stereocenters. The smallest absolute Gasteiger partial charge is 0.320 e. The van der Waals surface area contributed by atoms with Gasteiger partial charge < -0.3 is 30.6 Å². The third-order valence-corrected chi connectivity index (χ3v) is 5.95. The van der Waals surface area contributed by atoms with Crippen LogP contribution in [0.3, 0.4) is 0 Å². The van der Waals surface area contributed by atoms with Crippen LogP contribution in [-0.2, 0) is 21.4 Å². The number of aryl methyl sites for hydroxylation is 1. The molecule has 0 aliphatic heterocycles. The number of amides is 2. The fourth-order valence-electron chi connectivity index (χ4n) is 3.94. The van der Waals surface area contributed by atoms with Crippen molar-refractivity contribution in [3.63, 3.8) is 0 Å². The van der Waals surface area contributed by atoms with Crippen LogP contribution in [0.5, 0.6) is 5.75 Å². The van der Waals surface area contributed by atoms with E-state index in [0.717, 1.165) is 6.29 Å². The van der Waals surface area contributed by atoms with Gasteiger partial charge >= 0.3 is 5.97 Å². The van der Waals surface area contributed by atoms with Crippen LogP contribution in [0.4, 0.5) is 17.2 Å². The molecule has 0 saturated heterocycles. The average Bonchev–Trinajstić information content (AvgIpc) is 3.39. The Morgan fingerprint density at radius 1 is 1.15 bits per heavy atom. The molecule has 0 aliphatic rings. The van der Waals surface area contributed by atoms with Crippen LogP contribution in [0.2, 0.25) is 0 Å². The normalized spacial score (nSPS) is 11.4. The van der Waals surface area contributed by atoms with Crippen molar-refractivity contribution in [2.24, 2.45) is 7.05 Å². The Kier molecular flexibility index (Phi) is 11.2. The number of benzene rings is 1. The number of hydrogen-bond donors (Lipinski definition) is 5. The summed E-state index contributed by atoms with van der Waals surface area (Å²) < 4.78 is 7.18. The third kappa shape index (κ3) is 8.53. The lowest BCUT2D eigenvalue weighted by Crippen LogP contribution is -2.41. The van der Waals surface area contributed by atoms with Crippen LogP contribution in [0.15, 0.2) is 30.6 Å². The minimum Gasteiger partial charge on any atom is -0.494 e. The van der Waals surface area contributed by atoms with E-state index in [-0.39, 0.29) is 23.7 Å². The molecule has 0 saturated carbocycles. The molecule has 2 amide bonds. The molecule has 1 aromatic carbocycles. The Morgan fingerprint density at radius 3 is 2.61 bits per heavy atom. The highest BCUT2D eigenvalue weighted by Crippen LogP contribution is 2.37. The molecular weight excluding hydrogens is 534 g/mol. The monoisotopic (exact) mass is 567 g/mol. The van der Waals surface area contributed by atoms with Crippen LogP contribution in [0.25, 0.3) is 11.4 Å². The zero-order valence-electron chi connectivity index (χ0n) is 23.0. The van der Waals surface area contributed by atoms with E-state index >= 15 is 0 Å². The summed E-state index contributed by atoms with van der Waals surface area (Å²) in [6.07, 6.45) is 5.13. The van der Waals surface area contributed by atoms with Crippen molar-refractivity contribution in [1.29, 1.82) is 0 Å². The summed E-state index contributed by atoms with van der Waals surface area (Å²) in [5, 5.41) is 32.6. The van der Waals surface area contributed by atoms with Gasteiger partial charge in [-0.15, -0.1) is 10.2 Å². The van der Waals surface area contributed by atoms with Crippen LogP contribution in [0, 0.1) is 0 Å². The first-order valence-electron chi connectivity index (χ1n) is 12.9. The van der Waals surface area contributed by atoms with E-state index in [1.807, 2.05) is 0 Å². The minimum atomic E-state index is -1.08. The Bertz CT molecular complexity index is 1380. The number of unbranched alkanes of at least 4 members (excludes halogenated alkanes) is 3. The number of anilines is 3. The summed E-state index contributed by atoms with van der Waals surface area (Å²) >= 11 is 0. The van der Waals surface area contributed by atoms with Crippen LogP contribution in [-0.4, -0.2) is 80.9 Å². The number of carboxylic acid groups (broad SMARTS) is 1. The first-order chi connectivity index (χ1) is 19.8. The average molecular weight is 568 g/mol. The summed E-state index contributed by atoms with van der Waals surface area (Å²) in [7, 11) is 4.69. The lowest BCUT2D eigenvalue weighted by Gasteiger charge is -2.16. The molecule has 0 radical (unpaired) electrons. The van der Waals surface area contributed by atoms with Crippen molar-refractivity contribution in [3.8, 4) is 17.1 Å². The van der Waals surface area contributed by atoms with Crippen LogP contribution >= 0.6 is 0 Å². The number of nitrogens with one attached hydrogen (secondary N) is 4. The van der Waals surface area contributed by atoms with E-state index in [0.29, 0.717) is 54.9 Å². The molecule has 3 rings (SSSR count). The summed E-state index contributed by atoms with van der Waals surface area (Å²) in [5.74, 6) is -1.25. The minimum absolute atomic E-state index is 0.0347. The predicted octanol–water partition coefficient (Wildman–Crippen LogP) is 1.51. The number of hydrogen-bond acceptors (Lipinski definition) is 11. The number of methoxy groups -OCH3 is 1. The van der Waals surface area contributed by atoms with Crippen molar-refractivity contribution >= 4 is 41.3 Å². The number of aliphatic carboxylic acids is 1. The first kappa shape index (κ1) is 30.6. The van der Waals surface area contributed by atoms with E-state index in [1.54, 1.807) is 36.3 Å². The van der Waals surface area contributed by atoms with Crippen molar-refractivity contribution in [1.82, 2.24) is 35.6 Å². The molecule has 3 aromatic rings. The fourth-order valence-corrected chi connectivity index (χ4v) is 3.94. The SMILES string of the molecule is CNC(=O)c1nnc(NC(=O)CNC(CCCCCC=O)C(=O)O)cc1Nc1cccc(-c2ncn(C)n2)c1OC. The highest BCUT2D eigenvalue weighted by Gasteiger charge is 2.21. The van der Waals surface area contributed by atoms with Gasteiger partial charge in [0.2, 0.25) is 5.91 Å². The first-order valence-corrected chi connectivity index (χ1v) is 12.9. The fraction of sp³-hybridized carbons (Fsp3) is 0.385. The maximum absolute atomic E-state index is 12.6. The standard InChI is InChI=1S/C26H33N9O6/c1-27-25(38)22-19(30-17-11-8-9-16(23(17)41-3)24-29-15-35(2)34-24)13-20(32-33-22)31-21(37)14-28-18(26(39)40)10-6-4-5-7-12-36/h8-9,11-13,15,18,28H,4-7,10,14H2,1-3H3,(H,27,38)(H,39,40)(H2,30,31,32,37). The number of carboxylic acids is 1. The maximum atomic E-state index is 12.6. The molecule has 2 aromatic heterocycles. The van der Waals surface area contributed by atoms with Crippen LogP contribution < -0.4 is 26.0 Å². The number of aldehydes is 1. The van der Waals surface area contributed by atoms with Gasteiger partial charge in [-0.05, 0) is 25.0 Å². The molecule has 0 aliphatic carbocycles. The lowest BCUT2D eigenvalue weighted by atomic mass is 10.1. The highest BCUT2D eigenvalue weighted by molar-refractivity contribution is 5.99. The Labute approximate surface area is 236 Å². The highest BCUT2D eigenvalue weighted by atomic mass is 16.5. The Morgan fingerprint density at radius 2 is 1.95 bits per heavy atom. The number of aromatic nitrogens is 5. The summed E-state index contributed by atoms with van der Waals surface area (Å²) in [4.78, 5) is 51.4. The van der Waals surface area contributed by atoms with Gasteiger partial charge in [-0.3, -0.25) is 24.4 Å². The molecule has 5 N–H and O–H groups in total. The van der Waals surface area contributed by atoms with Gasteiger partial charge in [0.1, 0.15) is 18.7 Å². The van der Waals surface area contributed by atoms with Gasteiger partial charge in [-0.2, -0.15) is 5.10 Å². The second kappa shape index (κ2) is 15.0. The van der Waals surface area contributed by atoms with E-state index in [9.17, 15) is 24.3 Å². The van der Waals surface area contributed by atoms with Gasteiger partial charge in [0.05, 0.1) is 30.6 Å².